The van der Waals surface area contributed by atoms with Gasteiger partial charge >= 0.3 is 0 Å². The minimum atomic E-state index is -3.85. The van der Waals surface area contributed by atoms with E-state index in [-0.39, 0.29) is 17.3 Å². The molecule has 0 aromatic heterocycles. The van der Waals surface area contributed by atoms with Crippen LogP contribution in [0.1, 0.15) is 36.0 Å². The molecule has 0 radical (unpaired) electrons. The van der Waals surface area contributed by atoms with Gasteiger partial charge in [0, 0.05) is 13.1 Å². The Labute approximate surface area is 168 Å². The number of piperidine rings is 1. The Balaban J connectivity index is 2.00. The van der Waals surface area contributed by atoms with E-state index in [4.69, 9.17) is 0 Å². The van der Waals surface area contributed by atoms with E-state index in [0.29, 0.717) is 18.8 Å². The summed E-state index contributed by atoms with van der Waals surface area (Å²) in [6, 6.07) is 12.4. The Kier molecular flexibility index (Phi) is 6.08. The van der Waals surface area contributed by atoms with Crippen LogP contribution in [-0.4, -0.2) is 38.9 Å². The van der Waals surface area contributed by atoms with Gasteiger partial charge in [0.25, 0.3) is 10.0 Å². The van der Waals surface area contributed by atoms with Crippen LogP contribution in [0.4, 0.5) is 5.69 Å². The molecule has 1 amide bonds. The van der Waals surface area contributed by atoms with Gasteiger partial charge in [-0.15, -0.1) is 0 Å². The fourth-order valence-electron chi connectivity index (χ4n) is 3.61. The molecule has 0 aliphatic carbocycles. The first-order valence-corrected chi connectivity index (χ1v) is 11.2. The molecule has 1 aliphatic heterocycles. The van der Waals surface area contributed by atoms with Gasteiger partial charge in [0.15, 0.2) is 0 Å². The molecule has 1 aliphatic rings. The highest BCUT2D eigenvalue weighted by atomic mass is 32.2. The van der Waals surface area contributed by atoms with Gasteiger partial charge in [0.1, 0.15) is 6.54 Å². The molecule has 1 saturated heterocycles. The Hall–Kier alpha value is -2.34. The first kappa shape index (κ1) is 20.4. The highest BCUT2D eigenvalue weighted by Gasteiger charge is 2.29. The molecule has 1 heterocycles. The molecule has 0 bridgehead atoms. The molecule has 28 heavy (non-hydrogen) atoms. The fourth-order valence-corrected chi connectivity index (χ4v) is 5.01. The maximum atomic E-state index is 13.4. The van der Waals surface area contributed by atoms with E-state index >= 15 is 0 Å². The van der Waals surface area contributed by atoms with Crippen LogP contribution in [0.5, 0.6) is 0 Å². The van der Waals surface area contributed by atoms with E-state index in [1.165, 1.54) is 4.31 Å². The van der Waals surface area contributed by atoms with Crippen molar-refractivity contribution in [3.05, 3.63) is 59.2 Å². The summed E-state index contributed by atoms with van der Waals surface area (Å²) in [5.74, 6) is -0.144. The van der Waals surface area contributed by atoms with Crippen LogP contribution in [0.2, 0.25) is 0 Å². The monoisotopic (exact) mass is 400 g/mol. The Morgan fingerprint density at radius 1 is 0.893 bits per heavy atom. The number of anilines is 1. The highest BCUT2D eigenvalue weighted by molar-refractivity contribution is 7.92. The van der Waals surface area contributed by atoms with E-state index in [1.54, 1.807) is 29.2 Å². The molecule has 0 atom stereocenters. The summed E-state index contributed by atoms with van der Waals surface area (Å²) in [5.41, 5.74) is 3.44. The number of likely N-dealkylation sites (tertiary alicyclic amines) is 1. The summed E-state index contributed by atoms with van der Waals surface area (Å²) in [6.45, 7) is 6.99. The standard InChI is InChI=1S/C22H28N2O3S/c1-17-7-9-21(10-8-17)28(26,27)24(20-14-18(2)13-19(3)15-20)16-22(25)23-11-5-4-6-12-23/h7-10,13-15H,4-6,11-12,16H2,1-3H3. The molecular formula is C22H28N2O3S. The third-order valence-corrected chi connectivity index (χ3v) is 6.88. The van der Waals surface area contributed by atoms with Gasteiger partial charge in [-0.1, -0.05) is 23.8 Å². The summed E-state index contributed by atoms with van der Waals surface area (Å²) in [4.78, 5) is 14.9. The predicted octanol–water partition coefficient (Wildman–Crippen LogP) is 3.82. The third-order valence-electron chi connectivity index (χ3n) is 5.09. The lowest BCUT2D eigenvalue weighted by molar-refractivity contribution is -0.130. The van der Waals surface area contributed by atoms with E-state index in [0.717, 1.165) is 36.0 Å². The second-order valence-electron chi connectivity index (χ2n) is 7.61. The molecule has 2 aromatic rings. The number of aryl methyl sites for hydroxylation is 3. The molecule has 1 fully saturated rings. The molecule has 0 unspecified atom stereocenters. The number of carbonyl (C=O) groups is 1. The zero-order chi connectivity index (χ0) is 20.3. The minimum Gasteiger partial charge on any atom is -0.341 e. The van der Waals surface area contributed by atoms with Crippen LogP contribution >= 0.6 is 0 Å². The number of nitrogens with zero attached hydrogens (tertiary/aromatic N) is 2. The molecule has 0 spiro atoms. The summed E-state index contributed by atoms with van der Waals surface area (Å²) >= 11 is 0. The molecule has 3 rings (SSSR count). The molecular weight excluding hydrogens is 372 g/mol. The van der Waals surface area contributed by atoms with Gasteiger partial charge in [0.2, 0.25) is 5.91 Å². The van der Waals surface area contributed by atoms with Crippen molar-refractivity contribution in [2.24, 2.45) is 0 Å². The van der Waals surface area contributed by atoms with E-state index in [1.807, 2.05) is 39.0 Å². The van der Waals surface area contributed by atoms with E-state index < -0.39 is 10.0 Å². The van der Waals surface area contributed by atoms with Crippen molar-refractivity contribution in [1.29, 1.82) is 0 Å². The first-order valence-electron chi connectivity index (χ1n) is 9.73. The van der Waals surface area contributed by atoms with Crippen molar-refractivity contribution < 1.29 is 13.2 Å². The lowest BCUT2D eigenvalue weighted by atomic mass is 10.1. The number of rotatable bonds is 5. The topological polar surface area (TPSA) is 57.7 Å². The lowest BCUT2D eigenvalue weighted by Crippen LogP contribution is -2.44. The molecule has 0 saturated carbocycles. The summed E-state index contributed by atoms with van der Waals surface area (Å²) in [5, 5.41) is 0. The largest absolute Gasteiger partial charge is 0.341 e. The van der Waals surface area contributed by atoms with Gasteiger partial charge < -0.3 is 4.90 Å². The van der Waals surface area contributed by atoms with Gasteiger partial charge in [0.05, 0.1) is 10.6 Å². The zero-order valence-corrected chi connectivity index (χ0v) is 17.6. The quantitative estimate of drug-likeness (QED) is 0.767. The summed E-state index contributed by atoms with van der Waals surface area (Å²) < 4.78 is 28.1. The normalized spacial score (nSPS) is 14.8. The predicted molar refractivity (Wildman–Crippen MR) is 112 cm³/mol. The van der Waals surface area contributed by atoms with Crippen LogP contribution in [0.3, 0.4) is 0 Å². The van der Waals surface area contributed by atoms with Crippen molar-refractivity contribution in [3.8, 4) is 0 Å². The van der Waals surface area contributed by atoms with Crippen molar-refractivity contribution in [2.75, 3.05) is 23.9 Å². The van der Waals surface area contributed by atoms with E-state index in [2.05, 4.69) is 0 Å². The van der Waals surface area contributed by atoms with Crippen LogP contribution in [0.25, 0.3) is 0 Å². The average molecular weight is 401 g/mol. The Morgan fingerprint density at radius 3 is 2.04 bits per heavy atom. The highest BCUT2D eigenvalue weighted by Crippen LogP contribution is 2.26. The van der Waals surface area contributed by atoms with Crippen molar-refractivity contribution >= 4 is 21.6 Å². The summed E-state index contributed by atoms with van der Waals surface area (Å²) in [6.07, 6.45) is 3.06. The fraction of sp³-hybridized carbons (Fsp3) is 0.409. The first-order chi connectivity index (χ1) is 13.3. The molecule has 2 aromatic carbocycles. The Bertz CT molecular complexity index is 926. The van der Waals surface area contributed by atoms with Gasteiger partial charge in [-0.25, -0.2) is 8.42 Å². The molecule has 6 heteroatoms. The number of sulfonamides is 1. The zero-order valence-electron chi connectivity index (χ0n) is 16.8. The molecule has 150 valence electrons. The van der Waals surface area contributed by atoms with E-state index in [9.17, 15) is 13.2 Å². The van der Waals surface area contributed by atoms with Gasteiger partial charge in [-0.2, -0.15) is 0 Å². The maximum Gasteiger partial charge on any atom is 0.264 e. The third kappa shape index (κ3) is 4.55. The SMILES string of the molecule is Cc1ccc(S(=O)(=O)N(CC(=O)N2CCCCC2)c2cc(C)cc(C)c2)cc1. The Morgan fingerprint density at radius 2 is 1.46 bits per heavy atom. The van der Waals surface area contributed by atoms with Crippen LogP contribution in [-0.2, 0) is 14.8 Å². The second kappa shape index (κ2) is 8.35. The average Bonchev–Trinajstić information content (AvgIpc) is 2.66. The number of hydrogen-bond donors (Lipinski definition) is 0. The van der Waals surface area contributed by atoms with Gasteiger partial charge in [-0.05, 0) is 75.4 Å². The van der Waals surface area contributed by atoms with Crippen LogP contribution in [0, 0.1) is 20.8 Å². The summed E-state index contributed by atoms with van der Waals surface area (Å²) in [7, 11) is -3.85. The number of hydrogen-bond acceptors (Lipinski definition) is 3. The molecule has 0 N–H and O–H groups in total. The number of carbonyl (C=O) groups excluding carboxylic acids is 1. The van der Waals surface area contributed by atoms with Crippen molar-refractivity contribution in [3.63, 3.8) is 0 Å². The van der Waals surface area contributed by atoms with Crippen LogP contribution < -0.4 is 4.31 Å². The maximum absolute atomic E-state index is 13.4. The second-order valence-corrected chi connectivity index (χ2v) is 9.47. The smallest absolute Gasteiger partial charge is 0.264 e. The lowest BCUT2D eigenvalue weighted by Gasteiger charge is -2.31. The molecule has 5 nitrogen and oxygen atoms in total. The van der Waals surface area contributed by atoms with Crippen LogP contribution in [0.15, 0.2) is 47.4 Å². The number of benzene rings is 2. The number of amides is 1. The van der Waals surface area contributed by atoms with Crippen molar-refractivity contribution in [1.82, 2.24) is 4.90 Å². The van der Waals surface area contributed by atoms with Crippen molar-refractivity contribution in [2.45, 2.75) is 44.9 Å². The minimum absolute atomic E-state index is 0.144. The van der Waals surface area contributed by atoms with Gasteiger partial charge in [-0.3, -0.25) is 9.10 Å².